The normalized spacial score (nSPS) is 10.4. The fourth-order valence-corrected chi connectivity index (χ4v) is 2.20. The lowest BCUT2D eigenvalue weighted by molar-refractivity contribution is -0.129. The van der Waals surface area contributed by atoms with Gasteiger partial charge in [-0.1, -0.05) is 24.3 Å². The van der Waals surface area contributed by atoms with Crippen LogP contribution in [0.15, 0.2) is 48.8 Å². The zero-order chi connectivity index (χ0) is 15.1. The highest BCUT2D eigenvalue weighted by Crippen LogP contribution is 2.10. The topological polar surface area (TPSA) is 59.2 Å². The van der Waals surface area contributed by atoms with Crippen LogP contribution in [0.1, 0.15) is 16.7 Å². The molecule has 0 unspecified atom stereocenters. The van der Waals surface area contributed by atoms with Crippen molar-refractivity contribution in [2.24, 2.45) is 5.73 Å². The number of likely N-dealkylation sites (N-methyl/N-ethyl adjacent to an activating group) is 1. The van der Waals surface area contributed by atoms with Crippen LogP contribution in [0.4, 0.5) is 0 Å². The van der Waals surface area contributed by atoms with Gasteiger partial charge >= 0.3 is 0 Å². The van der Waals surface area contributed by atoms with Crippen molar-refractivity contribution >= 4 is 5.91 Å². The summed E-state index contributed by atoms with van der Waals surface area (Å²) in [6.07, 6.45) is 4.78. The minimum Gasteiger partial charge on any atom is -0.345 e. The van der Waals surface area contributed by atoms with Gasteiger partial charge in [-0.2, -0.15) is 0 Å². The zero-order valence-corrected chi connectivity index (χ0v) is 12.3. The number of nitrogens with two attached hydrogens (primary N) is 1. The summed E-state index contributed by atoms with van der Waals surface area (Å²) in [5.74, 6) is 0.116. The van der Waals surface area contributed by atoms with E-state index in [1.54, 1.807) is 17.3 Å². The molecule has 0 fully saturated rings. The molecule has 0 spiro atoms. The van der Waals surface area contributed by atoms with Gasteiger partial charge in [-0.05, 0) is 35.2 Å². The summed E-state index contributed by atoms with van der Waals surface area (Å²) in [4.78, 5) is 18.0. The Hall–Kier alpha value is -2.20. The first-order valence-corrected chi connectivity index (χ1v) is 7.10. The molecule has 0 aliphatic rings. The summed E-state index contributed by atoms with van der Waals surface area (Å²) < 4.78 is 0. The number of benzene rings is 1. The monoisotopic (exact) mass is 283 g/mol. The predicted octanol–water partition coefficient (Wildman–Crippen LogP) is 1.78. The summed E-state index contributed by atoms with van der Waals surface area (Å²) in [7, 11) is 1.84. The lowest BCUT2D eigenvalue weighted by atomic mass is 10.0. The number of hydrogen-bond donors (Lipinski definition) is 1. The van der Waals surface area contributed by atoms with Crippen LogP contribution in [0.25, 0.3) is 0 Å². The fraction of sp³-hybridized carbons (Fsp3) is 0.294. The van der Waals surface area contributed by atoms with Crippen LogP contribution in [0, 0.1) is 0 Å². The van der Waals surface area contributed by atoms with Gasteiger partial charge in [0.1, 0.15) is 0 Å². The maximum absolute atomic E-state index is 12.3. The highest BCUT2D eigenvalue weighted by Gasteiger charge is 2.11. The van der Waals surface area contributed by atoms with Crippen molar-refractivity contribution in [1.82, 2.24) is 9.88 Å². The molecule has 1 aromatic carbocycles. The van der Waals surface area contributed by atoms with Crippen LogP contribution in [0.2, 0.25) is 0 Å². The third kappa shape index (κ3) is 4.39. The molecule has 0 aliphatic carbocycles. The van der Waals surface area contributed by atoms with E-state index in [1.165, 1.54) is 5.56 Å². The smallest absolute Gasteiger partial charge is 0.226 e. The second kappa shape index (κ2) is 7.55. The summed E-state index contributed by atoms with van der Waals surface area (Å²) >= 11 is 0. The van der Waals surface area contributed by atoms with Crippen molar-refractivity contribution in [3.8, 4) is 0 Å². The molecular weight excluding hydrogens is 262 g/mol. The standard InChI is InChI=1S/C17H21N3O/c1-20(11-8-14-6-9-19-10-7-14)17(21)12-15-4-2-3-5-16(15)13-18/h2-7,9-10H,8,11-13,18H2,1H3. The van der Waals surface area contributed by atoms with Crippen molar-refractivity contribution in [3.63, 3.8) is 0 Å². The minimum atomic E-state index is 0.116. The Kier molecular flexibility index (Phi) is 5.46. The molecule has 4 heteroatoms. The van der Waals surface area contributed by atoms with Gasteiger partial charge in [0.2, 0.25) is 5.91 Å². The van der Waals surface area contributed by atoms with Crippen molar-refractivity contribution < 1.29 is 4.79 Å². The molecule has 2 aromatic rings. The molecular formula is C17H21N3O. The third-order valence-electron chi connectivity index (χ3n) is 3.59. The Morgan fingerprint density at radius 1 is 1.14 bits per heavy atom. The first-order chi connectivity index (χ1) is 10.2. The number of carbonyl (C=O) groups excluding carboxylic acids is 1. The number of aromatic nitrogens is 1. The highest BCUT2D eigenvalue weighted by molar-refractivity contribution is 5.78. The first-order valence-electron chi connectivity index (χ1n) is 7.10. The second-order valence-corrected chi connectivity index (χ2v) is 5.07. The molecule has 0 bridgehead atoms. The van der Waals surface area contributed by atoms with Gasteiger partial charge in [-0.3, -0.25) is 9.78 Å². The molecule has 2 rings (SSSR count). The second-order valence-electron chi connectivity index (χ2n) is 5.07. The number of amides is 1. The quantitative estimate of drug-likeness (QED) is 0.879. The molecule has 0 radical (unpaired) electrons. The van der Waals surface area contributed by atoms with Gasteiger partial charge in [0.05, 0.1) is 6.42 Å². The average Bonchev–Trinajstić information content (AvgIpc) is 2.54. The third-order valence-corrected chi connectivity index (χ3v) is 3.59. The van der Waals surface area contributed by atoms with Crippen LogP contribution in [0.3, 0.4) is 0 Å². The number of hydrogen-bond acceptors (Lipinski definition) is 3. The fourth-order valence-electron chi connectivity index (χ4n) is 2.20. The van der Waals surface area contributed by atoms with E-state index in [2.05, 4.69) is 4.98 Å². The minimum absolute atomic E-state index is 0.116. The van der Waals surface area contributed by atoms with E-state index < -0.39 is 0 Å². The van der Waals surface area contributed by atoms with Gasteiger partial charge < -0.3 is 10.6 Å². The molecule has 2 N–H and O–H groups in total. The van der Waals surface area contributed by atoms with Gasteiger partial charge in [-0.15, -0.1) is 0 Å². The molecule has 1 aromatic heterocycles. The lowest BCUT2D eigenvalue weighted by Crippen LogP contribution is -2.30. The van der Waals surface area contributed by atoms with E-state index in [4.69, 9.17) is 5.73 Å². The van der Waals surface area contributed by atoms with Crippen molar-refractivity contribution in [3.05, 3.63) is 65.5 Å². The molecule has 0 saturated heterocycles. The molecule has 0 atom stereocenters. The van der Waals surface area contributed by atoms with Crippen LogP contribution in [-0.2, 0) is 24.2 Å². The Balaban J connectivity index is 1.90. The maximum Gasteiger partial charge on any atom is 0.226 e. The van der Waals surface area contributed by atoms with E-state index in [-0.39, 0.29) is 5.91 Å². The molecule has 0 aliphatic heterocycles. The SMILES string of the molecule is CN(CCc1ccncc1)C(=O)Cc1ccccc1CN. The first kappa shape index (κ1) is 15.2. The van der Waals surface area contributed by atoms with Crippen LogP contribution in [-0.4, -0.2) is 29.4 Å². The Morgan fingerprint density at radius 2 is 1.81 bits per heavy atom. The summed E-state index contributed by atoms with van der Waals surface area (Å²) in [6.45, 7) is 1.16. The number of rotatable bonds is 6. The van der Waals surface area contributed by atoms with Gasteiger partial charge in [0.25, 0.3) is 0 Å². The largest absolute Gasteiger partial charge is 0.345 e. The Labute approximate surface area is 125 Å². The van der Waals surface area contributed by atoms with Gasteiger partial charge in [-0.25, -0.2) is 0 Å². The summed E-state index contributed by atoms with van der Waals surface area (Å²) in [5.41, 5.74) is 8.94. The molecule has 110 valence electrons. The van der Waals surface area contributed by atoms with Crippen LogP contribution in [0.5, 0.6) is 0 Å². The van der Waals surface area contributed by atoms with E-state index >= 15 is 0 Å². The molecule has 1 heterocycles. The molecule has 4 nitrogen and oxygen atoms in total. The van der Waals surface area contributed by atoms with E-state index in [0.29, 0.717) is 19.5 Å². The highest BCUT2D eigenvalue weighted by atomic mass is 16.2. The van der Waals surface area contributed by atoms with Crippen LogP contribution < -0.4 is 5.73 Å². The molecule has 1 amide bonds. The van der Waals surface area contributed by atoms with Gasteiger partial charge in [0.15, 0.2) is 0 Å². The Morgan fingerprint density at radius 3 is 2.48 bits per heavy atom. The number of nitrogens with zero attached hydrogens (tertiary/aromatic N) is 2. The number of pyridine rings is 1. The number of carbonyl (C=O) groups is 1. The lowest BCUT2D eigenvalue weighted by Gasteiger charge is -2.18. The van der Waals surface area contributed by atoms with Crippen molar-refractivity contribution in [2.45, 2.75) is 19.4 Å². The summed E-state index contributed by atoms with van der Waals surface area (Å²) in [6, 6.07) is 11.8. The van der Waals surface area contributed by atoms with E-state index in [0.717, 1.165) is 17.5 Å². The summed E-state index contributed by atoms with van der Waals surface area (Å²) in [5, 5.41) is 0. The van der Waals surface area contributed by atoms with E-state index in [1.807, 2.05) is 43.4 Å². The average molecular weight is 283 g/mol. The maximum atomic E-state index is 12.3. The van der Waals surface area contributed by atoms with Crippen molar-refractivity contribution in [2.75, 3.05) is 13.6 Å². The molecule has 0 saturated carbocycles. The van der Waals surface area contributed by atoms with E-state index in [9.17, 15) is 4.79 Å². The van der Waals surface area contributed by atoms with Crippen molar-refractivity contribution in [1.29, 1.82) is 0 Å². The predicted molar refractivity (Wildman–Crippen MR) is 83.6 cm³/mol. The molecule has 21 heavy (non-hydrogen) atoms. The zero-order valence-electron chi connectivity index (χ0n) is 12.3. The van der Waals surface area contributed by atoms with Gasteiger partial charge in [0, 0.05) is 32.5 Å². The van der Waals surface area contributed by atoms with Crippen LogP contribution >= 0.6 is 0 Å². The Bertz CT molecular complexity index is 584.